The highest BCUT2D eigenvalue weighted by atomic mass is 15.1. The van der Waals surface area contributed by atoms with Crippen LogP contribution in [0.4, 0.5) is 17.1 Å². The van der Waals surface area contributed by atoms with Crippen LogP contribution in [0.25, 0.3) is 66.4 Å². The van der Waals surface area contributed by atoms with Crippen molar-refractivity contribution in [2.45, 2.75) is 10.8 Å². The number of benzene rings is 12. The van der Waals surface area contributed by atoms with Gasteiger partial charge in [0, 0.05) is 16.9 Å². The van der Waals surface area contributed by atoms with Gasteiger partial charge in [-0.25, -0.2) is 0 Å². The third kappa shape index (κ3) is 5.85. The van der Waals surface area contributed by atoms with Crippen molar-refractivity contribution < 1.29 is 0 Å². The molecule has 0 radical (unpaired) electrons. The van der Waals surface area contributed by atoms with E-state index in [4.69, 9.17) is 0 Å². The third-order valence-corrected chi connectivity index (χ3v) is 16.4. The number of hydrogen-bond donors (Lipinski definition) is 0. The zero-order valence-electron chi connectivity index (χ0n) is 40.1. The van der Waals surface area contributed by atoms with Crippen LogP contribution in [0.5, 0.6) is 0 Å². The van der Waals surface area contributed by atoms with E-state index in [1.165, 1.54) is 111 Å². The van der Waals surface area contributed by atoms with Crippen LogP contribution in [0.3, 0.4) is 0 Å². The number of nitrogens with zero attached hydrogens (tertiary/aromatic N) is 1. The lowest BCUT2D eigenvalue weighted by Gasteiger charge is -2.35. The lowest BCUT2D eigenvalue weighted by molar-refractivity contribution is 0.768. The molecule has 0 saturated heterocycles. The van der Waals surface area contributed by atoms with Gasteiger partial charge in [0.1, 0.15) is 0 Å². The summed E-state index contributed by atoms with van der Waals surface area (Å²) in [5.41, 5.74) is 25.2. The fourth-order valence-electron chi connectivity index (χ4n) is 13.4. The van der Waals surface area contributed by atoms with E-state index in [2.05, 4.69) is 290 Å². The molecule has 0 amide bonds. The van der Waals surface area contributed by atoms with Crippen molar-refractivity contribution in [1.82, 2.24) is 0 Å². The normalized spacial score (nSPS) is 13.7. The maximum absolute atomic E-state index is 2.54. The topological polar surface area (TPSA) is 3.24 Å². The second-order valence-corrected chi connectivity index (χ2v) is 19.8. The lowest BCUT2D eigenvalue weighted by atomic mass is 9.67. The number of hydrogen-bond acceptors (Lipinski definition) is 1. The summed E-state index contributed by atoms with van der Waals surface area (Å²) < 4.78 is 0. The van der Waals surface area contributed by atoms with Gasteiger partial charge in [0.25, 0.3) is 0 Å². The SMILES string of the molecule is c1ccc(C2(c3ccccc3)c3ccccc3-c3ccc(N(c4ccc(-c5ccc(-c6cccc7ccccc67)cc5)cc4)c4cccc5c4-c4ccccc4C54c5ccccc5-c5ccccc54)cc32)cc1. The molecule has 0 N–H and O–H groups in total. The third-order valence-electron chi connectivity index (χ3n) is 16.4. The van der Waals surface area contributed by atoms with Crippen molar-refractivity contribution in [3.05, 3.63) is 330 Å². The minimum absolute atomic E-state index is 0.474. The highest BCUT2D eigenvalue weighted by molar-refractivity contribution is 6.02. The van der Waals surface area contributed by atoms with E-state index < -0.39 is 10.8 Å². The highest BCUT2D eigenvalue weighted by Crippen LogP contribution is 2.65. The molecule has 1 heteroatoms. The van der Waals surface area contributed by atoms with Crippen molar-refractivity contribution in [2.75, 3.05) is 4.90 Å². The van der Waals surface area contributed by atoms with Gasteiger partial charge >= 0.3 is 0 Å². The average Bonchev–Trinajstić information content (AvgIpc) is 4.07. The number of rotatable bonds is 7. The smallest absolute Gasteiger partial charge is 0.0726 e. The first kappa shape index (κ1) is 41.5. The summed E-state index contributed by atoms with van der Waals surface area (Å²) in [5, 5.41) is 2.52. The lowest BCUT2D eigenvalue weighted by Crippen LogP contribution is -2.28. The zero-order chi connectivity index (χ0) is 48.1. The van der Waals surface area contributed by atoms with Crippen molar-refractivity contribution in [3.8, 4) is 55.6 Å². The van der Waals surface area contributed by atoms with Gasteiger partial charge in [0.2, 0.25) is 0 Å². The molecule has 0 aromatic heterocycles. The zero-order valence-corrected chi connectivity index (χ0v) is 40.1. The molecule has 3 aliphatic carbocycles. The second kappa shape index (κ2) is 16.1. The van der Waals surface area contributed by atoms with Gasteiger partial charge in [0.15, 0.2) is 0 Å². The Morgan fingerprint density at radius 1 is 0.247 bits per heavy atom. The number of anilines is 3. The summed E-state index contributed by atoms with van der Waals surface area (Å²) in [6.45, 7) is 0. The van der Waals surface area contributed by atoms with Crippen LogP contribution in [0, 0.1) is 0 Å². The van der Waals surface area contributed by atoms with Crippen LogP contribution in [0.2, 0.25) is 0 Å². The largest absolute Gasteiger partial charge is 0.310 e. The number of fused-ring (bicyclic) bond motifs is 14. The van der Waals surface area contributed by atoms with Gasteiger partial charge in [-0.05, 0) is 136 Å². The molecule has 340 valence electrons. The van der Waals surface area contributed by atoms with Gasteiger partial charge < -0.3 is 4.90 Å². The predicted molar refractivity (Wildman–Crippen MR) is 303 cm³/mol. The molecule has 0 bridgehead atoms. The second-order valence-electron chi connectivity index (χ2n) is 19.8. The van der Waals surface area contributed by atoms with Gasteiger partial charge in [-0.2, -0.15) is 0 Å². The van der Waals surface area contributed by atoms with E-state index in [0.717, 1.165) is 17.1 Å². The van der Waals surface area contributed by atoms with Crippen LogP contribution in [0.1, 0.15) is 44.5 Å². The molecular weight excluding hydrogens is 879 g/mol. The van der Waals surface area contributed by atoms with Crippen LogP contribution in [-0.2, 0) is 10.8 Å². The summed E-state index contributed by atoms with van der Waals surface area (Å²) in [6.07, 6.45) is 0. The molecule has 0 saturated carbocycles. The van der Waals surface area contributed by atoms with Crippen molar-refractivity contribution >= 4 is 27.8 Å². The van der Waals surface area contributed by atoms with Gasteiger partial charge in [0.05, 0.1) is 16.5 Å². The molecule has 15 rings (SSSR count). The fraction of sp³-hybridized carbons (Fsp3) is 0.0278. The molecular formula is C72H47N. The molecule has 1 spiro atoms. The van der Waals surface area contributed by atoms with Gasteiger partial charge in [-0.15, -0.1) is 0 Å². The van der Waals surface area contributed by atoms with E-state index in [-0.39, 0.29) is 0 Å². The Morgan fingerprint density at radius 3 is 1.30 bits per heavy atom. The Kier molecular flexibility index (Phi) is 9.16. The first-order valence-electron chi connectivity index (χ1n) is 25.5. The van der Waals surface area contributed by atoms with Crippen LogP contribution in [-0.4, -0.2) is 0 Å². The Hall–Kier alpha value is -9.30. The Bertz CT molecular complexity index is 4040. The monoisotopic (exact) mass is 925 g/mol. The molecule has 0 fully saturated rings. The van der Waals surface area contributed by atoms with E-state index in [1.807, 2.05) is 0 Å². The molecule has 0 atom stereocenters. The summed E-state index contributed by atoms with van der Waals surface area (Å²) in [4.78, 5) is 2.54. The van der Waals surface area contributed by atoms with Crippen LogP contribution in [0.15, 0.2) is 285 Å². The Balaban J connectivity index is 0.955. The first-order chi connectivity index (χ1) is 36.2. The minimum Gasteiger partial charge on any atom is -0.310 e. The van der Waals surface area contributed by atoms with Gasteiger partial charge in [-0.3, -0.25) is 0 Å². The molecule has 12 aromatic rings. The van der Waals surface area contributed by atoms with Crippen molar-refractivity contribution in [1.29, 1.82) is 0 Å². The fourth-order valence-corrected chi connectivity index (χ4v) is 13.4. The van der Waals surface area contributed by atoms with E-state index in [0.29, 0.717) is 0 Å². The van der Waals surface area contributed by atoms with E-state index >= 15 is 0 Å². The van der Waals surface area contributed by atoms with E-state index in [9.17, 15) is 0 Å². The van der Waals surface area contributed by atoms with E-state index in [1.54, 1.807) is 0 Å². The van der Waals surface area contributed by atoms with Crippen LogP contribution < -0.4 is 4.90 Å². The maximum atomic E-state index is 2.54. The minimum atomic E-state index is -0.551. The van der Waals surface area contributed by atoms with Crippen molar-refractivity contribution in [2.24, 2.45) is 0 Å². The molecule has 12 aromatic carbocycles. The Labute approximate surface area is 426 Å². The molecule has 0 unspecified atom stereocenters. The van der Waals surface area contributed by atoms with Crippen LogP contribution >= 0.6 is 0 Å². The quantitative estimate of drug-likeness (QED) is 0.154. The van der Waals surface area contributed by atoms with Gasteiger partial charge in [-0.1, -0.05) is 255 Å². The molecule has 3 aliphatic rings. The summed E-state index contributed by atoms with van der Waals surface area (Å²) >= 11 is 0. The summed E-state index contributed by atoms with van der Waals surface area (Å²) in [6, 6.07) is 107. The molecule has 0 heterocycles. The average molecular weight is 926 g/mol. The predicted octanol–water partition coefficient (Wildman–Crippen LogP) is 18.4. The highest BCUT2D eigenvalue weighted by Gasteiger charge is 2.53. The van der Waals surface area contributed by atoms with Crippen molar-refractivity contribution in [3.63, 3.8) is 0 Å². The first-order valence-corrected chi connectivity index (χ1v) is 25.5. The molecule has 73 heavy (non-hydrogen) atoms. The Morgan fingerprint density at radius 2 is 0.671 bits per heavy atom. The molecule has 0 aliphatic heterocycles. The summed E-state index contributed by atoms with van der Waals surface area (Å²) in [7, 11) is 0. The standard InChI is InChI=1S/C72H47N/c1-3-21-52(22-4-1)71(53-23-5-2-6-24-53)63-31-13-9-28-60(63)61-46-45-55(47-68(61)71)73(54-43-41-49(42-44-54)48-37-39-51(40-38-48)57-30-17-20-50-19-7-8-25-56(50)57)69-36-18-35-67-70(69)62-29-12-16-34-66(62)72(67)64-32-14-10-26-58(64)59-27-11-15-33-65(59)72/h1-47H. The summed E-state index contributed by atoms with van der Waals surface area (Å²) in [5.74, 6) is 0. The maximum Gasteiger partial charge on any atom is 0.0726 e. The molecule has 1 nitrogen and oxygen atoms in total.